The van der Waals surface area contributed by atoms with Crippen molar-refractivity contribution < 1.29 is 28.7 Å². The fourth-order valence-electron chi connectivity index (χ4n) is 4.24. The third-order valence-corrected chi connectivity index (χ3v) is 6.08. The number of ether oxygens (including phenoxy) is 2. The summed E-state index contributed by atoms with van der Waals surface area (Å²) in [6.45, 7) is 10.4. The fourth-order valence-corrected chi connectivity index (χ4v) is 4.24. The summed E-state index contributed by atoms with van der Waals surface area (Å²) in [7, 11) is 0. The second-order valence-corrected chi connectivity index (χ2v) is 7.40. The van der Waals surface area contributed by atoms with Gasteiger partial charge in [0, 0.05) is 23.0 Å². The molecule has 1 saturated heterocycles. The molecule has 6 heteroatoms. The van der Waals surface area contributed by atoms with Crippen LogP contribution in [0.25, 0.3) is 0 Å². The summed E-state index contributed by atoms with van der Waals surface area (Å²) >= 11 is 0. The van der Waals surface area contributed by atoms with Crippen molar-refractivity contribution >= 4 is 23.5 Å². The molecule has 0 aromatic rings. The monoisotopic (exact) mass is 358 g/mol. The van der Waals surface area contributed by atoms with Gasteiger partial charge in [0.25, 0.3) is 0 Å². The summed E-state index contributed by atoms with van der Waals surface area (Å²) in [5.41, 5.74) is -0.720. The summed E-state index contributed by atoms with van der Waals surface area (Å²) < 4.78 is 11.0. The van der Waals surface area contributed by atoms with Crippen molar-refractivity contribution in [2.45, 2.75) is 39.9 Å². The molecule has 6 nitrogen and oxygen atoms in total. The normalized spacial score (nSPS) is 39.4. The summed E-state index contributed by atoms with van der Waals surface area (Å²) in [5, 5.41) is 0. The van der Waals surface area contributed by atoms with Crippen LogP contribution in [0.1, 0.15) is 27.7 Å². The second-order valence-electron chi connectivity index (χ2n) is 7.40. The molecule has 1 saturated carbocycles. The fraction of sp³-hybridized carbons (Fsp3) is 0.500. The topological polar surface area (TPSA) is 86.7 Å². The lowest BCUT2D eigenvalue weighted by molar-refractivity contribution is -0.161. The molecule has 2 aliphatic carbocycles. The van der Waals surface area contributed by atoms with E-state index in [1.807, 2.05) is 0 Å². The minimum Gasteiger partial charge on any atom is -0.457 e. The third kappa shape index (κ3) is 2.31. The molecule has 0 aromatic heterocycles. The predicted octanol–water partition coefficient (Wildman–Crippen LogP) is 1.94. The van der Waals surface area contributed by atoms with Crippen LogP contribution in [0.15, 0.2) is 36.0 Å². The van der Waals surface area contributed by atoms with Crippen LogP contribution < -0.4 is 0 Å². The minimum atomic E-state index is -1.16. The van der Waals surface area contributed by atoms with Gasteiger partial charge in [0.15, 0.2) is 17.7 Å². The Hall–Kier alpha value is -2.50. The van der Waals surface area contributed by atoms with Crippen LogP contribution in [-0.4, -0.2) is 35.7 Å². The van der Waals surface area contributed by atoms with Crippen LogP contribution in [0, 0.1) is 23.2 Å². The number of carbonyl (C=O) groups is 4. The highest BCUT2D eigenvalue weighted by molar-refractivity contribution is 6.04. The summed E-state index contributed by atoms with van der Waals surface area (Å²) in [6, 6.07) is 0. The lowest BCUT2D eigenvalue weighted by Gasteiger charge is -2.39. The van der Waals surface area contributed by atoms with Crippen molar-refractivity contribution in [1.29, 1.82) is 0 Å². The van der Waals surface area contributed by atoms with Crippen molar-refractivity contribution in [2.75, 3.05) is 0 Å². The van der Waals surface area contributed by atoms with Crippen LogP contribution in [-0.2, 0) is 28.7 Å². The molecule has 1 aliphatic heterocycles. The molecule has 1 heterocycles. The lowest BCUT2D eigenvalue weighted by Crippen LogP contribution is -2.49. The van der Waals surface area contributed by atoms with Gasteiger partial charge < -0.3 is 9.47 Å². The Labute approximate surface area is 151 Å². The van der Waals surface area contributed by atoms with E-state index in [4.69, 9.17) is 9.47 Å². The first-order valence-corrected chi connectivity index (χ1v) is 8.64. The molecule has 3 aliphatic rings. The molecule has 138 valence electrons. The second kappa shape index (κ2) is 6.04. The highest BCUT2D eigenvalue weighted by atomic mass is 16.6. The van der Waals surface area contributed by atoms with Gasteiger partial charge in [-0.1, -0.05) is 25.7 Å². The van der Waals surface area contributed by atoms with Gasteiger partial charge in [-0.15, -0.1) is 0 Å². The molecule has 0 spiro atoms. The number of hydrogen-bond donors (Lipinski definition) is 0. The summed E-state index contributed by atoms with van der Waals surface area (Å²) in [5.74, 6) is -3.66. The quantitative estimate of drug-likeness (QED) is 0.554. The molecule has 6 atom stereocenters. The average Bonchev–Trinajstić information content (AvgIpc) is 3.06. The van der Waals surface area contributed by atoms with E-state index in [0.29, 0.717) is 5.57 Å². The Morgan fingerprint density at radius 3 is 2.62 bits per heavy atom. The number of carbonyl (C=O) groups excluding carboxylic acids is 4. The molecular formula is C20H22O6. The van der Waals surface area contributed by atoms with E-state index in [0.717, 1.165) is 0 Å². The van der Waals surface area contributed by atoms with E-state index in [1.165, 1.54) is 6.08 Å². The zero-order chi connectivity index (χ0) is 19.4. The van der Waals surface area contributed by atoms with Gasteiger partial charge in [-0.2, -0.15) is 0 Å². The standard InChI is InChI=1S/C20H22O6/c1-6-9(2)18(23)26-17-14-11(4)19(24)25-16(14)15(22)10(3)12-7-8-13(21)20(12,17)5/h6-8,10,12,14,16-17H,4H2,1-3,5H3. The number of ketones is 2. The van der Waals surface area contributed by atoms with Crippen LogP contribution in [0.4, 0.5) is 0 Å². The SMILES string of the molecule is C=C1C(=O)OC2C(=O)C(C)C3C=CC(=O)C3(C)C(OC(=O)C(C)=CC)C12. The largest absolute Gasteiger partial charge is 0.457 e. The van der Waals surface area contributed by atoms with Gasteiger partial charge in [0.1, 0.15) is 6.10 Å². The zero-order valence-electron chi connectivity index (χ0n) is 15.3. The Kier molecular flexibility index (Phi) is 4.25. The number of allylic oxidation sites excluding steroid dienone is 3. The van der Waals surface area contributed by atoms with E-state index in [2.05, 4.69) is 6.58 Å². The molecule has 3 rings (SSSR count). The molecule has 0 N–H and O–H groups in total. The highest BCUT2D eigenvalue weighted by Crippen LogP contribution is 2.53. The molecule has 0 bridgehead atoms. The van der Waals surface area contributed by atoms with E-state index in [-0.39, 0.29) is 17.1 Å². The Balaban J connectivity index is 2.15. The van der Waals surface area contributed by atoms with Crippen molar-refractivity contribution in [3.63, 3.8) is 0 Å². The minimum absolute atomic E-state index is 0.0630. The molecule has 6 unspecified atom stereocenters. The van der Waals surface area contributed by atoms with Gasteiger partial charge >= 0.3 is 11.9 Å². The third-order valence-electron chi connectivity index (χ3n) is 6.08. The molecule has 0 aromatic carbocycles. The first-order valence-electron chi connectivity index (χ1n) is 8.64. The molecular weight excluding hydrogens is 336 g/mol. The summed E-state index contributed by atoms with van der Waals surface area (Å²) in [6.07, 6.45) is 2.62. The number of Topliss-reactive ketones (excluding diaryl/α,β-unsaturated/α-hetero) is 1. The molecule has 26 heavy (non-hydrogen) atoms. The number of hydrogen-bond acceptors (Lipinski definition) is 6. The van der Waals surface area contributed by atoms with Crippen LogP contribution in [0.5, 0.6) is 0 Å². The predicted molar refractivity (Wildman–Crippen MR) is 91.7 cm³/mol. The van der Waals surface area contributed by atoms with E-state index in [1.54, 1.807) is 39.8 Å². The first-order chi connectivity index (χ1) is 12.1. The maximum absolute atomic E-state index is 12.9. The lowest BCUT2D eigenvalue weighted by atomic mass is 9.67. The van der Waals surface area contributed by atoms with Crippen LogP contribution >= 0.6 is 0 Å². The van der Waals surface area contributed by atoms with Gasteiger partial charge in [-0.25, -0.2) is 9.59 Å². The van der Waals surface area contributed by atoms with E-state index >= 15 is 0 Å². The summed E-state index contributed by atoms with van der Waals surface area (Å²) in [4.78, 5) is 50.2. The van der Waals surface area contributed by atoms with Crippen LogP contribution in [0.2, 0.25) is 0 Å². The van der Waals surface area contributed by atoms with Crippen LogP contribution in [0.3, 0.4) is 0 Å². The van der Waals surface area contributed by atoms with E-state index in [9.17, 15) is 19.2 Å². The smallest absolute Gasteiger partial charge is 0.334 e. The van der Waals surface area contributed by atoms with E-state index < -0.39 is 47.3 Å². The van der Waals surface area contributed by atoms with Crippen molar-refractivity contribution in [1.82, 2.24) is 0 Å². The van der Waals surface area contributed by atoms with Crippen molar-refractivity contribution in [3.05, 3.63) is 36.0 Å². The van der Waals surface area contributed by atoms with Gasteiger partial charge in [0.2, 0.25) is 0 Å². The molecule has 2 fully saturated rings. The number of rotatable bonds is 2. The molecule has 0 amide bonds. The average molecular weight is 358 g/mol. The maximum Gasteiger partial charge on any atom is 0.334 e. The maximum atomic E-state index is 12.9. The van der Waals surface area contributed by atoms with Crippen molar-refractivity contribution in [3.8, 4) is 0 Å². The Morgan fingerprint density at radius 1 is 1.35 bits per heavy atom. The first kappa shape index (κ1) is 18.3. The Bertz CT molecular complexity index is 788. The van der Waals surface area contributed by atoms with Crippen molar-refractivity contribution in [2.24, 2.45) is 23.2 Å². The van der Waals surface area contributed by atoms with Gasteiger partial charge in [-0.05, 0) is 26.8 Å². The van der Waals surface area contributed by atoms with Gasteiger partial charge in [-0.3, -0.25) is 9.59 Å². The molecule has 0 radical (unpaired) electrons. The zero-order valence-corrected chi connectivity index (χ0v) is 15.3. The van der Waals surface area contributed by atoms with Gasteiger partial charge in [0.05, 0.1) is 11.3 Å². The number of fused-ring (bicyclic) bond motifs is 2. The Morgan fingerprint density at radius 2 is 2.00 bits per heavy atom. The number of esters is 2. The highest BCUT2D eigenvalue weighted by Gasteiger charge is 2.64.